The van der Waals surface area contributed by atoms with Crippen LogP contribution in [-0.2, 0) is 11.3 Å². The van der Waals surface area contributed by atoms with Gasteiger partial charge in [-0.05, 0) is 37.5 Å². The number of rotatable bonds is 4. The van der Waals surface area contributed by atoms with Crippen molar-refractivity contribution < 1.29 is 9.90 Å². The fraction of sp³-hybridized carbons (Fsp3) is 0.667. The van der Waals surface area contributed by atoms with Crippen molar-refractivity contribution >= 4 is 23.3 Å². The molecule has 22 heavy (non-hydrogen) atoms. The average molecular weight is 326 g/mol. The van der Waals surface area contributed by atoms with Gasteiger partial charge in [0, 0.05) is 6.04 Å². The summed E-state index contributed by atoms with van der Waals surface area (Å²) in [7, 11) is 0. The summed E-state index contributed by atoms with van der Waals surface area (Å²) in [6.45, 7) is -0.479. The van der Waals surface area contributed by atoms with Crippen molar-refractivity contribution in [3.05, 3.63) is 21.6 Å². The van der Waals surface area contributed by atoms with E-state index in [0.717, 1.165) is 4.68 Å². The Morgan fingerprint density at radius 1 is 1.32 bits per heavy atom. The number of fused-ring (bicyclic) bond motifs is 2. The molecule has 2 fully saturated rings. The molecule has 1 heterocycles. The highest BCUT2D eigenvalue weighted by atomic mass is 35.5. The third-order valence-corrected chi connectivity index (χ3v) is 5.27. The molecule has 120 valence electrons. The van der Waals surface area contributed by atoms with Gasteiger partial charge >= 0.3 is 5.97 Å². The number of anilines is 1. The number of halogens is 1. The van der Waals surface area contributed by atoms with Crippen molar-refractivity contribution in [2.45, 2.75) is 51.1 Å². The number of carboxylic acids is 1. The number of aromatic nitrogens is 2. The maximum Gasteiger partial charge on any atom is 0.325 e. The molecule has 2 saturated carbocycles. The second-order valence-corrected chi connectivity index (χ2v) is 6.66. The van der Waals surface area contributed by atoms with Gasteiger partial charge in [-0.25, -0.2) is 4.68 Å². The summed E-state index contributed by atoms with van der Waals surface area (Å²) in [5.74, 6) is 0.142. The number of nitrogens with zero attached hydrogens (tertiary/aromatic N) is 2. The van der Waals surface area contributed by atoms with Gasteiger partial charge in [-0.2, -0.15) is 5.10 Å². The van der Waals surface area contributed by atoms with E-state index in [9.17, 15) is 9.59 Å². The van der Waals surface area contributed by atoms with Gasteiger partial charge in [0.05, 0.1) is 11.9 Å². The van der Waals surface area contributed by atoms with Gasteiger partial charge in [-0.3, -0.25) is 9.59 Å². The Morgan fingerprint density at radius 3 is 2.45 bits per heavy atom. The van der Waals surface area contributed by atoms with E-state index in [1.54, 1.807) is 0 Å². The molecule has 2 bridgehead atoms. The minimum absolute atomic E-state index is 0.0277. The van der Waals surface area contributed by atoms with E-state index in [0.29, 0.717) is 23.6 Å². The Morgan fingerprint density at radius 2 is 1.91 bits per heavy atom. The molecule has 3 rings (SSSR count). The average Bonchev–Trinajstić information content (AvgIpc) is 2.46. The zero-order chi connectivity index (χ0) is 15.7. The minimum atomic E-state index is -1.12. The molecule has 0 amide bonds. The molecule has 0 spiro atoms. The van der Waals surface area contributed by atoms with Crippen LogP contribution in [0.25, 0.3) is 0 Å². The Bertz CT molecular complexity index is 609. The van der Waals surface area contributed by atoms with Crippen LogP contribution in [0.3, 0.4) is 0 Å². The normalized spacial score (nSPS) is 27.4. The van der Waals surface area contributed by atoms with Crippen LogP contribution in [-0.4, -0.2) is 26.9 Å². The van der Waals surface area contributed by atoms with Gasteiger partial charge in [0.1, 0.15) is 11.6 Å². The molecule has 7 heteroatoms. The third-order valence-electron chi connectivity index (χ3n) is 4.91. The van der Waals surface area contributed by atoms with Crippen LogP contribution in [0.4, 0.5) is 5.69 Å². The highest BCUT2D eigenvalue weighted by molar-refractivity contribution is 6.32. The molecule has 0 radical (unpaired) electrons. The van der Waals surface area contributed by atoms with Crippen LogP contribution >= 0.6 is 11.6 Å². The quantitative estimate of drug-likeness (QED) is 0.887. The van der Waals surface area contributed by atoms with Gasteiger partial charge in [-0.15, -0.1) is 0 Å². The Balaban J connectivity index is 1.82. The molecular formula is C15H20ClN3O3. The zero-order valence-electron chi connectivity index (χ0n) is 12.3. The van der Waals surface area contributed by atoms with Crippen molar-refractivity contribution in [3.8, 4) is 0 Å². The van der Waals surface area contributed by atoms with Crippen LogP contribution in [0, 0.1) is 11.8 Å². The summed E-state index contributed by atoms with van der Waals surface area (Å²) < 4.78 is 0.873. The molecule has 0 aromatic carbocycles. The third kappa shape index (κ3) is 2.97. The summed E-state index contributed by atoms with van der Waals surface area (Å²) in [6, 6.07) is 0.344. The van der Waals surface area contributed by atoms with Crippen molar-refractivity contribution in [2.24, 2.45) is 11.8 Å². The molecule has 1 aromatic rings. The molecule has 2 N–H and O–H groups in total. The summed E-state index contributed by atoms with van der Waals surface area (Å²) in [6.07, 6.45) is 8.89. The van der Waals surface area contributed by atoms with Gasteiger partial charge in [0.2, 0.25) is 0 Å². The molecule has 2 aliphatic rings. The highest BCUT2D eigenvalue weighted by Gasteiger charge is 2.36. The van der Waals surface area contributed by atoms with Crippen molar-refractivity contribution in [3.63, 3.8) is 0 Å². The summed E-state index contributed by atoms with van der Waals surface area (Å²) in [5, 5.41) is 16.1. The maximum absolute atomic E-state index is 12.1. The van der Waals surface area contributed by atoms with E-state index in [-0.39, 0.29) is 5.02 Å². The first-order valence-corrected chi connectivity index (χ1v) is 8.18. The number of aliphatic carboxylic acids is 1. The molecule has 6 nitrogen and oxygen atoms in total. The molecule has 0 atom stereocenters. The van der Waals surface area contributed by atoms with E-state index >= 15 is 0 Å². The lowest BCUT2D eigenvalue weighted by Crippen LogP contribution is -2.43. The largest absolute Gasteiger partial charge is 0.480 e. The van der Waals surface area contributed by atoms with Crippen LogP contribution < -0.4 is 10.9 Å². The van der Waals surface area contributed by atoms with E-state index in [1.807, 2.05) is 0 Å². The SMILES string of the molecule is O=C(O)Cn1ncc(NC2C3CCCC2CCC3)c(Cl)c1=O. The van der Waals surface area contributed by atoms with E-state index in [2.05, 4.69) is 10.4 Å². The monoisotopic (exact) mass is 325 g/mol. The number of hydrogen-bond acceptors (Lipinski definition) is 4. The Hall–Kier alpha value is -1.56. The molecule has 0 unspecified atom stereocenters. The lowest BCUT2D eigenvalue weighted by molar-refractivity contribution is -0.138. The van der Waals surface area contributed by atoms with E-state index in [1.165, 1.54) is 44.7 Å². The molecule has 2 aliphatic carbocycles. The fourth-order valence-electron chi connectivity index (χ4n) is 3.90. The standard InChI is InChI=1S/C15H20ClN3O3/c16-13-11(7-17-19(15(13)22)8-12(20)21)18-14-9-3-1-4-10(14)6-2-5-9/h7,9-10,14,18H,1-6,8H2,(H,20,21). The summed E-state index contributed by atoms with van der Waals surface area (Å²) >= 11 is 6.13. The van der Waals surface area contributed by atoms with Gasteiger partial charge in [-0.1, -0.05) is 24.4 Å². The van der Waals surface area contributed by atoms with Crippen LogP contribution in [0.2, 0.25) is 5.02 Å². The predicted molar refractivity (Wildman–Crippen MR) is 83.2 cm³/mol. The smallest absolute Gasteiger partial charge is 0.325 e. The number of carbonyl (C=O) groups is 1. The number of carboxylic acid groups (broad SMARTS) is 1. The lowest BCUT2D eigenvalue weighted by Gasteiger charge is -2.43. The van der Waals surface area contributed by atoms with E-state index in [4.69, 9.17) is 16.7 Å². The lowest BCUT2D eigenvalue weighted by atomic mass is 9.68. The summed E-state index contributed by atoms with van der Waals surface area (Å²) in [4.78, 5) is 22.8. The molecule has 1 aromatic heterocycles. The minimum Gasteiger partial charge on any atom is -0.480 e. The first kappa shape index (κ1) is 15.3. The van der Waals surface area contributed by atoms with Gasteiger partial charge in [0.15, 0.2) is 0 Å². The predicted octanol–water partition coefficient (Wildman–Crippen LogP) is 2.36. The maximum atomic E-state index is 12.1. The first-order valence-electron chi connectivity index (χ1n) is 7.80. The summed E-state index contributed by atoms with van der Waals surface area (Å²) in [5.41, 5.74) is -0.0351. The number of nitrogens with one attached hydrogen (secondary N) is 1. The second kappa shape index (κ2) is 6.28. The Kier molecular flexibility index (Phi) is 4.38. The van der Waals surface area contributed by atoms with Crippen molar-refractivity contribution in [1.82, 2.24) is 9.78 Å². The van der Waals surface area contributed by atoms with Gasteiger partial charge in [0.25, 0.3) is 5.56 Å². The highest BCUT2D eigenvalue weighted by Crippen LogP contribution is 2.41. The number of hydrogen-bond donors (Lipinski definition) is 2. The molecular weight excluding hydrogens is 306 g/mol. The molecule has 0 aliphatic heterocycles. The van der Waals surface area contributed by atoms with Crippen LogP contribution in [0.1, 0.15) is 38.5 Å². The zero-order valence-corrected chi connectivity index (χ0v) is 13.1. The van der Waals surface area contributed by atoms with Crippen molar-refractivity contribution in [1.29, 1.82) is 0 Å². The fourth-order valence-corrected chi connectivity index (χ4v) is 4.10. The topological polar surface area (TPSA) is 84.2 Å². The second-order valence-electron chi connectivity index (χ2n) is 6.28. The van der Waals surface area contributed by atoms with Crippen LogP contribution in [0.15, 0.2) is 11.0 Å². The molecule has 0 saturated heterocycles. The van der Waals surface area contributed by atoms with Crippen LogP contribution in [0.5, 0.6) is 0 Å². The van der Waals surface area contributed by atoms with E-state index < -0.39 is 18.1 Å². The van der Waals surface area contributed by atoms with Gasteiger partial charge < -0.3 is 10.4 Å². The Labute approximate surface area is 133 Å². The first-order chi connectivity index (χ1) is 10.6. The van der Waals surface area contributed by atoms with Crippen molar-refractivity contribution in [2.75, 3.05) is 5.32 Å².